The molecule has 5 rings (SSSR count). The highest BCUT2D eigenvalue weighted by atomic mass is 32.2. The van der Waals surface area contributed by atoms with Crippen LogP contribution < -0.4 is 15.0 Å². The number of thioether (sulfide) groups is 1. The van der Waals surface area contributed by atoms with Crippen molar-refractivity contribution in [3.05, 3.63) is 95.8 Å². The number of hydrogen-bond acceptors (Lipinski definition) is 6. The second kappa shape index (κ2) is 14.2. The van der Waals surface area contributed by atoms with Crippen LogP contribution in [0.25, 0.3) is 23.2 Å². The summed E-state index contributed by atoms with van der Waals surface area (Å²) in [6.45, 7) is 7.97. The Morgan fingerprint density at radius 1 is 1.11 bits per heavy atom. The molecule has 1 aromatic heterocycles. The maximum Gasteiger partial charge on any atom is 0.573 e. The molecule has 244 valence electrons. The van der Waals surface area contributed by atoms with Crippen LogP contribution in [-0.2, 0) is 4.79 Å². The van der Waals surface area contributed by atoms with Crippen LogP contribution in [0.1, 0.15) is 49.8 Å². The number of carbonyl (C=O) groups excluding carboxylic acids is 2. The molecule has 3 aromatic carbocycles. The SMILES string of the molecule is Cc1ccc(C(C)C)c(N2C(=O)CSC2=NC(=O)NC(C)CC=Cc2cccc(-c3ncn(-c4ccc(OC(F)(F)F)cc4)n3)c2)c1. The van der Waals surface area contributed by atoms with Gasteiger partial charge in [-0.2, -0.15) is 4.99 Å². The van der Waals surface area contributed by atoms with Crippen LogP contribution in [0.3, 0.4) is 0 Å². The Morgan fingerprint density at radius 2 is 1.87 bits per heavy atom. The molecule has 2 heterocycles. The summed E-state index contributed by atoms with van der Waals surface area (Å²) in [5.41, 5.74) is 4.96. The number of aromatic nitrogens is 3. The molecule has 13 heteroatoms. The molecule has 3 amide bonds. The molecule has 1 aliphatic rings. The van der Waals surface area contributed by atoms with Crippen LogP contribution in [0, 0.1) is 6.92 Å². The second-order valence-electron chi connectivity index (χ2n) is 11.3. The number of benzene rings is 3. The maximum absolute atomic E-state index is 12.8. The zero-order valence-corrected chi connectivity index (χ0v) is 27.0. The first-order valence-electron chi connectivity index (χ1n) is 14.9. The largest absolute Gasteiger partial charge is 0.573 e. The molecule has 47 heavy (non-hydrogen) atoms. The summed E-state index contributed by atoms with van der Waals surface area (Å²) >= 11 is 1.25. The molecule has 1 unspecified atom stereocenters. The monoisotopic (exact) mass is 662 g/mol. The van der Waals surface area contributed by atoms with Crippen molar-refractivity contribution in [2.24, 2.45) is 4.99 Å². The number of alkyl halides is 3. The lowest BCUT2D eigenvalue weighted by atomic mass is 9.99. The van der Waals surface area contributed by atoms with Gasteiger partial charge in [-0.25, -0.2) is 14.5 Å². The molecular formula is C34H33F3N6O3S. The zero-order valence-electron chi connectivity index (χ0n) is 26.2. The van der Waals surface area contributed by atoms with Crippen LogP contribution in [0.5, 0.6) is 5.75 Å². The summed E-state index contributed by atoms with van der Waals surface area (Å²) in [7, 11) is 0. The number of aryl methyl sites for hydroxylation is 1. The Kier molecular flexibility index (Phi) is 10.1. The van der Waals surface area contributed by atoms with E-state index in [0.717, 1.165) is 27.9 Å². The van der Waals surface area contributed by atoms with E-state index in [-0.39, 0.29) is 29.4 Å². The van der Waals surface area contributed by atoms with Gasteiger partial charge in [0.05, 0.1) is 17.1 Å². The second-order valence-corrected chi connectivity index (χ2v) is 12.2. The number of rotatable bonds is 9. The zero-order chi connectivity index (χ0) is 33.7. The molecule has 0 radical (unpaired) electrons. The smallest absolute Gasteiger partial charge is 0.406 e. The van der Waals surface area contributed by atoms with Gasteiger partial charge < -0.3 is 10.1 Å². The van der Waals surface area contributed by atoms with Crippen molar-refractivity contribution in [1.29, 1.82) is 0 Å². The number of nitrogens with one attached hydrogen (secondary N) is 1. The highest BCUT2D eigenvalue weighted by Crippen LogP contribution is 2.34. The van der Waals surface area contributed by atoms with Crippen LogP contribution in [0.2, 0.25) is 0 Å². The molecule has 1 fully saturated rings. The number of anilines is 1. The minimum absolute atomic E-state index is 0.108. The van der Waals surface area contributed by atoms with E-state index in [0.29, 0.717) is 23.1 Å². The average molecular weight is 663 g/mol. The standard InChI is InChI=1S/C34H33F3N6O3S/c1-21(2)28-16-11-22(3)17-29(28)43-30(44)19-47-33(43)40-32(45)39-23(4)7-5-8-24-9-6-10-25(18-24)31-38-20-42(41-31)26-12-14-27(15-13-26)46-34(35,36)37/h5-6,8-18,20-21,23H,7,19H2,1-4H3,(H,39,45). The van der Waals surface area contributed by atoms with E-state index in [2.05, 4.69) is 39.0 Å². The topological polar surface area (TPSA) is 102 Å². The molecular weight excluding hydrogens is 629 g/mol. The van der Waals surface area contributed by atoms with Gasteiger partial charge in [-0.15, -0.1) is 18.3 Å². The van der Waals surface area contributed by atoms with Crippen LogP contribution >= 0.6 is 11.8 Å². The Balaban J connectivity index is 1.19. The molecule has 1 atom stereocenters. The number of amides is 3. The molecule has 0 spiro atoms. The molecule has 1 aliphatic heterocycles. The number of nitrogens with zero attached hydrogens (tertiary/aromatic N) is 5. The lowest BCUT2D eigenvalue weighted by Crippen LogP contribution is -2.34. The van der Waals surface area contributed by atoms with Crippen LogP contribution in [-0.4, -0.2) is 50.0 Å². The quantitative estimate of drug-likeness (QED) is 0.196. The van der Waals surface area contributed by atoms with Gasteiger partial charge >= 0.3 is 12.4 Å². The highest BCUT2D eigenvalue weighted by Gasteiger charge is 2.33. The minimum Gasteiger partial charge on any atom is -0.406 e. The predicted molar refractivity (Wildman–Crippen MR) is 178 cm³/mol. The van der Waals surface area contributed by atoms with E-state index in [1.54, 1.807) is 4.90 Å². The van der Waals surface area contributed by atoms with Crippen LogP contribution in [0.15, 0.2) is 84.1 Å². The van der Waals surface area contributed by atoms with Crippen molar-refractivity contribution >= 4 is 40.6 Å². The van der Waals surface area contributed by atoms with Gasteiger partial charge in [-0.05, 0) is 79.3 Å². The van der Waals surface area contributed by atoms with Crippen molar-refractivity contribution < 1.29 is 27.5 Å². The Bertz CT molecular complexity index is 1820. The lowest BCUT2D eigenvalue weighted by molar-refractivity contribution is -0.274. The highest BCUT2D eigenvalue weighted by molar-refractivity contribution is 8.15. The molecule has 1 N–H and O–H groups in total. The summed E-state index contributed by atoms with van der Waals surface area (Å²) < 4.78 is 42.7. The molecule has 9 nitrogen and oxygen atoms in total. The fourth-order valence-corrected chi connectivity index (χ4v) is 5.77. The Labute approximate surface area is 274 Å². The third-order valence-electron chi connectivity index (χ3n) is 7.15. The Hall–Kier alpha value is -4.91. The van der Waals surface area contributed by atoms with Gasteiger partial charge in [0.15, 0.2) is 11.0 Å². The number of hydrogen-bond donors (Lipinski definition) is 1. The third-order valence-corrected chi connectivity index (χ3v) is 8.08. The van der Waals surface area contributed by atoms with E-state index in [9.17, 15) is 22.8 Å². The summed E-state index contributed by atoms with van der Waals surface area (Å²) in [4.78, 5) is 35.8. The summed E-state index contributed by atoms with van der Waals surface area (Å²) in [6.07, 6.45) is 1.12. The fraction of sp³-hybridized carbons (Fsp3) is 0.265. The normalized spacial score (nSPS) is 15.2. The number of ether oxygens (including phenoxy) is 1. The van der Waals surface area contributed by atoms with E-state index in [4.69, 9.17) is 0 Å². The van der Waals surface area contributed by atoms with Gasteiger partial charge in [0.1, 0.15) is 12.1 Å². The molecule has 0 aliphatic carbocycles. The van der Waals surface area contributed by atoms with Crippen molar-refractivity contribution in [1.82, 2.24) is 20.1 Å². The van der Waals surface area contributed by atoms with Crippen molar-refractivity contribution in [2.75, 3.05) is 10.7 Å². The van der Waals surface area contributed by atoms with Crippen molar-refractivity contribution in [3.63, 3.8) is 0 Å². The third kappa shape index (κ3) is 8.67. The molecule has 1 saturated heterocycles. The summed E-state index contributed by atoms with van der Waals surface area (Å²) in [5.74, 6) is 0.425. The molecule has 0 saturated carbocycles. The average Bonchev–Trinajstić information content (AvgIpc) is 3.64. The van der Waals surface area contributed by atoms with Gasteiger partial charge in [0, 0.05) is 11.6 Å². The number of urea groups is 1. The van der Waals surface area contributed by atoms with Gasteiger partial charge in [0.25, 0.3) is 0 Å². The predicted octanol–water partition coefficient (Wildman–Crippen LogP) is 7.90. The van der Waals surface area contributed by atoms with E-state index < -0.39 is 12.4 Å². The number of aliphatic imine (C=N–C) groups is 1. The molecule has 0 bridgehead atoms. The number of halogens is 3. The number of carbonyl (C=O) groups is 2. The first-order valence-corrected chi connectivity index (χ1v) is 15.8. The van der Waals surface area contributed by atoms with Gasteiger partial charge in [-0.3, -0.25) is 9.69 Å². The Morgan fingerprint density at radius 3 is 2.60 bits per heavy atom. The first-order chi connectivity index (χ1) is 22.4. The summed E-state index contributed by atoms with van der Waals surface area (Å²) in [6, 6.07) is 18.1. The van der Waals surface area contributed by atoms with E-state index in [1.807, 2.05) is 68.5 Å². The van der Waals surface area contributed by atoms with Crippen LogP contribution in [0.4, 0.5) is 23.7 Å². The van der Waals surface area contributed by atoms with Crippen molar-refractivity contribution in [3.8, 4) is 22.8 Å². The fourth-order valence-electron chi connectivity index (χ4n) is 4.92. The molecule has 4 aromatic rings. The lowest BCUT2D eigenvalue weighted by Gasteiger charge is -2.22. The van der Waals surface area contributed by atoms with E-state index >= 15 is 0 Å². The van der Waals surface area contributed by atoms with Crippen molar-refractivity contribution in [2.45, 2.75) is 52.4 Å². The minimum atomic E-state index is -4.76. The first kappa shape index (κ1) is 33.5. The maximum atomic E-state index is 12.8. The van der Waals surface area contributed by atoms with Gasteiger partial charge in [-0.1, -0.05) is 68.1 Å². The number of amidine groups is 1. The van der Waals surface area contributed by atoms with Gasteiger partial charge in [0.2, 0.25) is 5.91 Å². The summed E-state index contributed by atoms with van der Waals surface area (Å²) in [5, 5.41) is 7.71. The van der Waals surface area contributed by atoms with E-state index in [1.165, 1.54) is 47.0 Å².